The Labute approximate surface area is 180 Å². The highest BCUT2D eigenvalue weighted by molar-refractivity contribution is 6.30. The maximum atomic E-state index is 6.08. The molecule has 7 nitrogen and oxygen atoms in total. The van der Waals surface area contributed by atoms with Crippen molar-refractivity contribution in [1.29, 1.82) is 0 Å². The minimum Gasteiger partial charge on any atom is -0.339 e. The van der Waals surface area contributed by atoms with E-state index in [1.54, 1.807) is 0 Å². The SMILES string of the molecule is CCCCc1noc(CN2CCC3(CC2)CC3c2nc(-c3cccc(Cl)c3)no2)n1. The van der Waals surface area contributed by atoms with Crippen LogP contribution in [0.2, 0.25) is 5.02 Å². The maximum absolute atomic E-state index is 6.08. The molecule has 0 N–H and O–H groups in total. The molecule has 1 unspecified atom stereocenters. The predicted molar refractivity (Wildman–Crippen MR) is 112 cm³/mol. The van der Waals surface area contributed by atoms with Crippen molar-refractivity contribution in [1.82, 2.24) is 25.2 Å². The summed E-state index contributed by atoms with van der Waals surface area (Å²) in [5, 5.41) is 8.95. The summed E-state index contributed by atoms with van der Waals surface area (Å²) in [6.07, 6.45) is 6.51. The van der Waals surface area contributed by atoms with E-state index in [1.165, 1.54) is 0 Å². The number of aromatic nitrogens is 4. The quantitative estimate of drug-likeness (QED) is 0.531. The van der Waals surface area contributed by atoms with Crippen LogP contribution in [0.5, 0.6) is 0 Å². The van der Waals surface area contributed by atoms with Crippen molar-refractivity contribution in [3.63, 3.8) is 0 Å². The lowest BCUT2D eigenvalue weighted by molar-refractivity contribution is 0.144. The number of nitrogens with zero attached hydrogens (tertiary/aromatic N) is 5. The molecule has 1 aliphatic heterocycles. The molecule has 0 amide bonds. The van der Waals surface area contributed by atoms with E-state index >= 15 is 0 Å². The van der Waals surface area contributed by atoms with Crippen LogP contribution < -0.4 is 0 Å². The van der Waals surface area contributed by atoms with Crippen LogP contribution in [-0.2, 0) is 13.0 Å². The Kier molecular flexibility index (Phi) is 5.33. The number of aryl methyl sites for hydroxylation is 1. The van der Waals surface area contributed by atoms with Gasteiger partial charge in [0.15, 0.2) is 5.82 Å². The highest BCUT2D eigenvalue weighted by Gasteiger charge is 2.58. The van der Waals surface area contributed by atoms with Crippen LogP contribution in [0, 0.1) is 5.41 Å². The molecule has 2 aliphatic rings. The van der Waals surface area contributed by atoms with Crippen LogP contribution >= 0.6 is 11.6 Å². The topological polar surface area (TPSA) is 81.1 Å². The molecule has 1 saturated heterocycles. The molecule has 158 valence electrons. The second-order valence-corrected chi connectivity index (χ2v) is 9.01. The molecule has 30 heavy (non-hydrogen) atoms. The average Bonchev–Trinajstić information content (AvgIpc) is 3.11. The molecule has 3 heterocycles. The number of unbranched alkanes of at least 4 members (excludes halogenated alkanes) is 1. The zero-order valence-electron chi connectivity index (χ0n) is 17.2. The van der Waals surface area contributed by atoms with Crippen molar-refractivity contribution >= 4 is 11.6 Å². The summed E-state index contributed by atoms with van der Waals surface area (Å²) < 4.78 is 11.0. The van der Waals surface area contributed by atoms with Gasteiger partial charge in [0.05, 0.1) is 6.54 Å². The molecular weight excluding hydrogens is 402 g/mol. The van der Waals surface area contributed by atoms with Gasteiger partial charge in [0.1, 0.15) is 0 Å². The lowest BCUT2D eigenvalue weighted by Gasteiger charge is -2.31. The smallest absolute Gasteiger partial charge is 0.240 e. The van der Waals surface area contributed by atoms with Gasteiger partial charge in [0, 0.05) is 22.9 Å². The van der Waals surface area contributed by atoms with Gasteiger partial charge in [-0.25, -0.2) is 0 Å². The second-order valence-electron chi connectivity index (χ2n) is 8.57. The summed E-state index contributed by atoms with van der Waals surface area (Å²) in [5.74, 6) is 3.30. The highest BCUT2D eigenvalue weighted by atomic mass is 35.5. The zero-order chi connectivity index (χ0) is 20.6. The van der Waals surface area contributed by atoms with Crippen LogP contribution in [-0.4, -0.2) is 38.3 Å². The summed E-state index contributed by atoms with van der Waals surface area (Å²) in [5.41, 5.74) is 1.19. The third-order valence-electron chi connectivity index (χ3n) is 6.49. The van der Waals surface area contributed by atoms with E-state index in [2.05, 4.69) is 32.1 Å². The highest BCUT2D eigenvalue weighted by Crippen LogP contribution is 2.64. The monoisotopic (exact) mass is 427 g/mol. The molecule has 1 aromatic carbocycles. The van der Waals surface area contributed by atoms with E-state index in [0.29, 0.717) is 22.2 Å². The number of benzene rings is 1. The molecular formula is C22H26ClN5O2. The Morgan fingerprint density at radius 3 is 2.83 bits per heavy atom. The van der Waals surface area contributed by atoms with Crippen LogP contribution in [0.15, 0.2) is 33.3 Å². The van der Waals surface area contributed by atoms with Gasteiger partial charge in [-0.3, -0.25) is 4.90 Å². The molecule has 1 spiro atoms. The van der Waals surface area contributed by atoms with Gasteiger partial charge < -0.3 is 9.05 Å². The number of piperidine rings is 1. The molecule has 3 aromatic rings. The Balaban J connectivity index is 1.16. The minimum atomic E-state index is 0.301. The van der Waals surface area contributed by atoms with E-state index in [0.717, 1.165) is 81.3 Å². The fourth-order valence-corrected chi connectivity index (χ4v) is 4.70. The second kappa shape index (κ2) is 8.12. The molecule has 0 bridgehead atoms. The fraction of sp³-hybridized carbons (Fsp3) is 0.545. The van der Waals surface area contributed by atoms with Gasteiger partial charge in [-0.2, -0.15) is 9.97 Å². The van der Waals surface area contributed by atoms with Crippen molar-refractivity contribution in [3.8, 4) is 11.4 Å². The van der Waals surface area contributed by atoms with Crippen molar-refractivity contribution in [2.75, 3.05) is 13.1 Å². The minimum absolute atomic E-state index is 0.301. The summed E-state index contributed by atoms with van der Waals surface area (Å²) in [6.45, 7) is 4.96. The number of hydrogen-bond donors (Lipinski definition) is 0. The molecule has 2 aromatic heterocycles. The first-order chi connectivity index (χ1) is 14.6. The molecule has 1 saturated carbocycles. The van der Waals surface area contributed by atoms with Crippen molar-refractivity contribution < 1.29 is 9.05 Å². The number of hydrogen-bond acceptors (Lipinski definition) is 7. The van der Waals surface area contributed by atoms with Gasteiger partial charge >= 0.3 is 0 Å². The third-order valence-corrected chi connectivity index (χ3v) is 6.72. The summed E-state index contributed by atoms with van der Waals surface area (Å²) >= 11 is 6.08. The number of likely N-dealkylation sites (tertiary alicyclic amines) is 1. The van der Waals surface area contributed by atoms with Crippen LogP contribution in [0.3, 0.4) is 0 Å². The molecule has 5 rings (SSSR count). The largest absolute Gasteiger partial charge is 0.339 e. The Morgan fingerprint density at radius 1 is 1.17 bits per heavy atom. The Hall–Kier alpha value is -2.25. The van der Waals surface area contributed by atoms with Crippen LogP contribution in [0.1, 0.15) is 62.6 Å². The first-order valence-electron chi connectivity index (χ1n) is 10.8. The zero-order valence-corrected chi connectivity index (χ0v) is 17.9. The van der Waals surface area contributed by atoms with Crippen LogP contribution in [0.25, 0.3) is 11.4 Å². The van der Waals surface area contributed by atoms with E-state index in [4.69, 9.17) is 20.6 Å². The summed E-state index contributed by atoms with van der Waals surface area (Å²) in [7, 11) is 0. The molecule has 2 fully saturated rings. The van der Waals surface area contributed by atoms with E-state index in [9.17, 15) is 0 Å². The van der Waals surface area contributed by atoms with Gasteiger partial charge in [-0.15, -0.1) is 0 Å². The number of halogens is 1. The Morgan fingerprint density at radius 2 is 2.03 bits per heavy atom. The summed E-state index contributed by atoms with van der Waals surface area (Å²) in [4.78, 5) is 11.6. The molecule has 1 atom stereocenters. The van der Waals surface area contributed by atoms with Gasteiger partial charge in [-0.1, -0.05) is 47.4 Å². The lowest BCUT2D eigenvalue weighted by atomic mass is 9.91. The molecule has 1 aliphatic carbocycles. The fourth-order valence-electron chi connectivity index (χ4n) is 4.51. The van der Waals surface area contributed by atoms with E-state index in [1.807, 2.05) is 24.3 Å². The Bertz CT molecular complexity index is 1010. The standard InChI is InChI=1S/C22H26ClN5O2/c1-2-3-7-18-24-19(29-26-18)14-28-10-8-22(9-11-28)13-17(22)21-25-20(27-30-21)15-5-4-6-16(23)12-15/h4-6,12,17H,2-3,7-11,13-14H2,1H3. The first-order valence-corrected chi connectivity index (χ1v) is 11.2. The van der Waals surface area contributed by atoms with Gasteiger partial charge in [0.25, 0.3) is 0 Å². The normalized spacial score (nSPS) is 20.7. The lowest BCUT2D eigenvalue weighted by Crippen LogP contribution is -2.34. The first kappa shape index (κ1) is 19.7. The maximum Gasteiger partial charge on any atom is 0.240 e. The number of rotatable bonds is 7. The van der Waals surface area contributed by atoms with Crippen molar-refractivity contribution in [3.05, 3.63) is 46.9 Å². The van der Waals surface area contributed by atoms with Crippen molar-refractivity contribution in [2.45, 2.75) is 57.9 Å². The molecule has 8 heteroatoms. The van der Waals surface area contributed by atoms with Gasteiger partial charge in [0.2, 0.25) is 17.6 Å². The van der Waals surface area contributed by atoms with Gasteiger partial charge in [-0.05, 0) is 56.3 Å². The van der Waals surface area contributed by atoms with Crippen molar-refractivity contribution in [2.24, 2.45) is 5.41 Å². The van der Waals surface area contributed by atoms with Crippen LogP contribution in [0.4, 0.5) is 0 Å². The predicted octanol–water partition coefficient (Wildman–Crippen LogP) is 4.89. The molecule has 0 radical (unpaired) electrons. The third kappa shape index (κ3) is 4.01. The van der Waals surface area contributed by atoms with E-state index < -0.39 is 0 Å². The van der Waals surface area contributed by atoms with E-state index in [-0.39, 0.29) is 0 Å². The summed E-state index contributed by atoms with van der Waals surface area (Å²) in [6, 6.07) is 7.56. The average molecular weight is 428 g/mol.